The van der Waals surface area contributed by atoms with Gasteiger partial charge in [0.2, 0.25) is 5.91 Å². The number of nitrogens with zero attached hydrogens (tertiary/aromatic N) is 3. The van der Waals surface area contributed by atoms with Crippen LogP contribution in [0.4, 0.5) is 5.88 Å². The number of furan rings is 1. The average molecular weight is 372 g/mol. The summed E-state index contributed by atoms with van der Waals surface area (Å²) in [7, 11) is 0. The topological polar surface area (TPSA) is 109 Å². The maximum absolute atomic E-state index is 12.3. The largest absolute Gasteiger partial charge is 0.433 e. The van der Waals surface area contributed by atoms with Gasteiger partial charge in [0.25, 0.3) is 5.91 Å². The predicted molar refractivity (Wildman–Crippen MR) is 96.0 cm³/mol. The molecule has 1 aromatic heterocycles. The fourth-order valence-corrected chi connectivity index (χ4v) is 2.86. The van der Waals surface area contributed by atoms with Crippen molar-refractivity contribution >= 4 is 17.7 Å². The lowest BCUT2D eigenvalue weighted by Gasteiger charge is -2.33. The van der Waals surface area contributed by atoms with Crippen molar-refractivity contribution in [2.24, 2.45) is 0 Å². The Morgan fingerprint density at radius 3 is 2.41 bits per heavy atom. The third-order valence-corrected chi connectivity index (χ3v) is 4.34. The molecule has 0 bridgehead atoms. The highest BCUT2D eigenvalue weighted by Crippen LogP contribution is 2.18. The second-order valence-electron chi connectivity index (χ2n) is 6.23. The standard InChI is InChI=1S/C18H20N4O5/c23-16(19-12-14-4-2-1-3-5-14)13-20-8-10-21(11-9-20)18(24)15-6-7-17(27-15)22(25)26/h1-7H,8-13H2,(H,19,23). The number of rotatable bonds is 6. The summed E-state index contributed by atoms with van der Waals surface area (Å²) < 4.78 is 4.96. The van der Waals surface area contributed by atoms with Crippen LogP contribution in [-0.4, -0.2) is 59.3 Å². The summed E-state index contributed by atoms with van der Waals surface area (Å²) >= 11 is 0. The highest BCUT2D eigenvalue weighted by Gasteiger charge is 2.26. The Morgan fingerprint density at radius 1 is 1.07 bits per heavy atom. The lowest BCUT2D eigenvalue weighted by atomic mass is 10.2. The van der Waals surface area contributed by atoms with E-state index in [1.165, 1.54) is 12.1 Å². The SMILES string of the molecule is O=C(CN1CCN(C(=O)c2ccc([N+](=O)[O-])o2)CC1)NCc1ccccc1. The van der Waals surface area contributed by atoms with Crippen LogP contribution in [0.2, 0.25) is 0 Å². The van der Waals surface area contributed by atoms with Gasteiger partial charge in [0.1, 0.15) is 4.92 Å². The first-order chi connectivity index (χ1) is 13.0. The zero-order valence-corrected chi connectivity index (χ0v) is 14.7. The number of carbonyl (C=O) groups excluding carboxylic acids is 2. The fourth-order valence-electron chi connectivity index (χ4n) is 2.86. The Morgan fingerprint density at radius 2 is 1.78 bits per heavy atom. The predicted octanol–water partition coefficient (Wildman–Crippen LogP) is 1.26. The third-order valence-electron chi connectivity index (χ3n) is 4.34. The third kappa shape index (κ3) is 4.91. The lowest BCUT2D eigenvalue weighted by molar-refractivity contribution is -0.402. The molecule has 1 aliphatic heterocycles. The molecular formula is C18H20N4O5. The minimum absolute atomic E-state index is 0.0456. The van der Waals surface area contributed by atoms with E-state index in [-0.39, 0.29) is 24.1 Å². The number of nitrogens with one attached hydrogen (secondary N) is 1. The summed E-state index contributed by atoms with van der Waals surface area (Å²) in [5, 5.41) is 13.5. The van der Waals surface area contributed by atoms with Crippen LogP contribution in [0.25, 0.3) is 0 Å². The molecule has 2 aromatic rings. The van der Waals surface area contributed by atoms with E-state index in [1.807, 2.05) is 35.2 Å². The Kier molecular flexibility index (Phi) is 5.82. The maximum Gasteiger partial charge on any atom is 0.433 e. The Bertz CT molecular complexity index is 812. The van der Waals surface area contributed by atoms with E-state index < -0.39 is 10.8 Å². The Balaban J connectivity index is 1.43. The second kappa shape index (κ2) is 8.45. The van der Waals surface area contributed by atoms with E-state index in [0.717, 1.165) is 5.56 Å². The normalized spacial score (nSPS) is 14.7. The minimum Gasteiger partial charge on any atom is -0.395 e. The van der Waals surface area contributed by atoms with E-state index in [9.17, 15) is 19.7 Å². The van der Waals surface area contributed by atoms with E-state index in [1.54, 1.807) is 4.90 Å². The number of hydrogen-bond acceptors (Lipinski definition) is 6. The van der Waals surface area contributed by atoms with Crippen LogP contribution >= 0.6 is 0 Å². The van der Waals surface area contributed by atoms with E-state index in [2.05, 4.69) is 5.32 Å². The number of piperazine rings is 1. The molecule has 1 fully saturated rings. The molecule has 0 spiro atoms. The van der Waals surface area contributed by atoms with Crippen LogP contribution in [0.5, 0.6) is 0 Å². The van der Waals surface area contributed by atoms with Crippen LogP contribution in [0.1, 0.15) is 16.1 Å². The molecule has 9 heteroatoms. The number of carbonyl (C=O) groups is 2. The van der Waals surface area contributed by atoms with Crippen LogP contribution < -0.4 is 5.32 Å². The fraction of sp³-hybridized carbons (Fsp3) is 0.333. The van der Waals surface area contributed by atoms with Crippen molar-refractivity contribution in [3.63, 3.8) is 0 Å². The van der Waals surface area contributed by atoms with Gasteiger partial charge in [-0.2, -0.15) is 0 Å². The number of benzene rings is 1. The van der Waals surface area contributed by atoms with Crippen LogP contribution in [-0.2, 0) is 11.3 Å². The van der Waals surface area contributed by atoms with Crippen LogP contribution in [0.15, 0.2) is 46.9 Å². The van der Waals surface area contributed by atoms with Gasteiger partial charge in [-0.1, -0.05) is 30.3 Å². The molecule has 0 atom stereocenters. The molecule has 142 valence electrons. The molecule has 1 aromatic carbocycles. The van der Waals surface area contributed by atoms with Gasteiger partial charge in [-0.15, -0.1) is 0 Å². The van der Waals surface area contributed by atoms with Gasteiger partial charge in [-0.05, 0) is 11.6 Å². The van der Waals surface area contributed by atoms with Crippen molar-refractivity contribution in [2.45, 2.75) is 6.54 Å². The summed E-state index contributed by atoms with van der Waals surface area (Å²) in [5.74, 6) is -0.945. The molecule has 0 unspecified atom stereocenters. The quantitative estimate of drug-likeness (QED) is 0.604. The van der Waals surface area contributed by atoms with Gasteiger partial charge < -0.3 is 14.6 Å². The van der Waals surface area contributed by atoms with Gasteiger partial charge in [-0.3, -0.25) is 24.6 Å². The number of nitro groups is 1. The van der Waals surface area contributed by atoms with E-state index in [0.29, 0.717) is 32.7 Å². The first-order valence-corrected chi connectivity index (χ1v) is 8.59. The van der Waals surface area contributed by atoms with Crippen LogP contribution in [0.3, 0.4) is 0 Å². The zero-order valence-electron chi connectivity index (χ0n) is 14.7. The summed E-state index contributed by atoms with van der Waals surface area (Å²) in [4.78, 5) is 37.9. The minimum atomic E-state index is -0.678. The van der Waals surface area contributed by atoms with Gasteiger partial charge in [-0.25, -0.2) is 0 Å². The van der Waals surface area contributed by atoms with Crippen molar-refractivity contribution in [1.82, 2.24) is 15.1 Å². The first kappa shape index (κ1) is 18.6. The number of amides is 2. The van der Waals surface area contributed by atoms with Crippen LogP contribution in [0, 0.1) is 10.1 Å². The highest BCUT2D eigenvalue weighted by atomic mass is 16.6. The second-order valence-corrected chi connectivity index (χ2v) is 6.23. The first-order valence-electron chi connectivity index (χ1n) is 8.59. The average Bonchev–Trinajstić information content (AvgIpc) is 3.18. The number of hydrogen-bond donors (Lipinski definition) is 1. The molecule has 1 aliphatic rings. The molecule has 0 saturated carbocycles. The molecule has 0 aliphatic carbocycles. The van der Waals surface area contributed by atoms with E-state index in [4.69, 9.17) is 4.42 Å². The van der Waals surface area contributed by atoms with Gasteiger partial charge in [0.15, 0.2) is 5.76 Å². The Labute approximate surface area is 155 Å². The summed E-state index contributed by atoms with van der Waals surface area (Å²) in [6.45, 7) is 2.70. The molecule has 2 amide bonds. The summed E-state index contributed by atoms with van der Waals surface area (Å²) in [6, 6.07) is 12.1. The zero-order chi connectivity index (χ0) is 19.2. The van der Waals surface area contributed by atoms with Crippen molar-refractivity contribution in [2.75, 3.05) is 32.7 Å². The smallest absolute Gasteiger partial charge is 0.395 e. The van der Waals surface area contributed by atoms with Crippen molar-refractivity contribution in [1.29, 1.82) is 0 Å². The monoisotopic (exact) mass is 372 g/mol. The van der Waals surface area contributed by atoms with Crippen molar-refractivity contribution < 1.29 is 18.9 Å². The molecular weight excluding hydrogens is 352 g/mol. The maximum atomic E-state index is 12.3. The van der Waals surface area contributed by atoms with Gasteiger partial charge >= 0.3 is 5.88 Å². The van der Waals surface area contributed by atoms with E-state index >= 15 is 0 Å². The molecule has 1 saturated heterocycles. The van der Waals surface area contributed by atoms with Crippen molar-refractivity contribution in [3.8, 4) is 0 Å². The molecule has 9 nitrogen and oxygen atoms in total. The van der Waals surface area contributed by atoms with Gasteiger partial charge in [0, 0.05) is 32.7 Å². The molecule has 2 heterocycles. The molecule has 0 radical (unpaired) electrons. The van der Waals surface area contributed by atoms with Crippen molar-refractivity contribution in [3.05, 3.63) is 63.9 Å². The Hall–Kier alpha value is -3.20. The van der Waals surface area contributed by atoms with Gasteiger partial charge in [0.05, 0.1) is 12.6 Å². The molecule has 27 heavy (non-hydrogen) atoms. The molecule has 1 N–H and O–H groups in total. The highest BCUT2D eigenvalue weighted by molar-refractivity contribution is 5.91. The summed E-state index contributed by atoms with van der Waals surface area (Å²) in [6.07, 6.45) is 0. The molecule has 3 rings (SSSR count). The lowest BCUT2D eigenvalue weighted by Crippen LogP contribution is -2.51. The summed E-state index contributed by atoms with van der Waals surface area (Å²) in [5.41, 5.74) is 1.04.